The zero-order valence-corrected chi connectivity index (χ0v) is 12.0. The molecule has 2 rings (SSSR count). The van der Waals surface area contributed by atoms with Crippen LogP contribution in [-0.2, 0) is 0 Å². The molecule has 0 saturated carbocycles. The number of nitrogen functional groups attached to an aromatic ring is 1. The van der Waals surface area contributed by atoms with Crippen molar-refractivity contribution in [3.8, 4) is 17.2 Å². The highest BCUT2D eigenvalue weighted by molar-refractivity contribution is 9.10. The fraction of sp³-hybridized carbons (Fsp3) is 0.0769. The van der Waals surface area contributed by atoms with Crippen molar-refractivity contribution in [2.45, 2.75) is 0 Å². The van der Waals surface area contributed by atoms with E-state index in [1.54, 1.807) is 37.4 Å². The largest absolute Gasteiger partial charge is 0.494 e. The molecule has 0 aliphatic heterocycles. The van der Waals surface area contributed by atoms with E-state index in [4.69, 9.17) is 26.8 Å². The number of para-hydroxylation sites is 1. The molecule has 94 valence electrons. The molecule has 2 N–H and O–H groups in total. The summed E-state index contributed by atoms with van der Waals surface area (Å²) < 4.78 is 11.7. The second kappa shape index (κ2) is 5.50. The fourth-order valence-corrected chi connectivity index (χ4v) is 1.96. The van der Waals surface area contributed by atoms with E-state index in [0.29, 0.717) is 28.0 Å². The summed E-state index contributed by atoms with van der Waals surface area (Å²) in [6.45, 7) is 0. The SMILES string of the molecule is COc1cccc(Oc2cc(Br)ccc2Cl)c1N. The number of benzene rings is 2. The standard InChI is InChI=1S/C13H11BrClNO2/c1-17-10-3-2-4-11(13(10)16)18-12-7-8(14)5-6-9(12)15/h2-7H,16H2,1H3. The quantitative estimate of drug-likeness (QED) is 0.845. The minimum Gasteiger partial charge on any atom is -0.494 e. The summed E-state index contributed by atoms with van der Waals surface area (Å²) in [6, 6.07) is 10.7. The van der Waals surface area contributed by atoms with Gasteiger partial charge in [0.05, 0.1) is 12.1 Å². The summed E-state index contributed by atoms with van der Waals surface area (Å²) >= 11 is 9.42. The molecule has 0 atom stereocenters. The number of nitrogens with two attached hydrogens (primary N) is 1. The Morgan fingerprint density at radius 3 is 2.56 bits per heavy atom. The molecule has 3 nitrogen and oxygen atoms in total. The van der Waals surface area contributed by atoms with Gasteiger partial charge in [-0.1, -0.05) is 33.6 Å². The predicted octanol–water partition coefficient (Wildman–Crippen LogP) is 4.49. The molecule has 5 heteroatoms. The Bertz CT molecular complexity index is 575. The van der Waals surface area contributed by atoms with Gasteiger partial charge in [0, 0.05) is 4.47 Å². The van der Waals surface area contributed by atoms with Crippen LogP contribution >= 0.6 is 27.5 Å². The number of methoxy groups -OCH3 is 1. The van der Waals surface area contributed by atoms with Crippen LogP contribution < -0.4 is 15.2 Å². The lowest BCUT2D eigenvalue weighted by Crippen LogP contribution is -1.96. The van der Waals surface area contributed by atoms with Gasteiger partial charge in [-0.2, -0.15) is 0 Å². The molecule has 2 aromatic rings. The first-order valence-electron chi connectivity index (χ1n) is 5.17. The Hall–Kier alpha value is -1.39. The third kappa shape index (κ3) is 2.71. The third-order valence-electron chi connectivity index (χ3n) is 2.36. The minimum atomic E-state index is 0.441. The summed E-state index contributed by atoms with van der Waals surface area (Å²) in [5, 5.41) is 0.514. The van der Waals surface area contributed by atoms with E-state index in [-0.39, 0.29) is 0 Å². The van der Waals surface area contributed by atoms with Crippen molar-refractivity contribution in [3.63, 3.8) is 0 Å². The summed E-state index contributed by atoms with van der Waals surface area (Å²) in [6.07, 6.45) is 0. The molecule has 18 heavy (non-hydrogen) atoms. The van der Waals surface area contributed by atoms with Crippen LogP contribution in [0.5, 0.6) is 17.2 Å². The second-order valence-corrected chi connectivity index (χ2v) is 4.87. The van der Waals surface area contributed by atoms with Crippen LogP contribution in [0.1, 0.15) is 0 Å². The van der Waals surface area contributed by atoms with E-state index in [1.165, 1.54) is 0 Å². The average Bonchev–Trinajstić information content (AvgIpc) is 2.36. The molecule has 0 fully saturated rings. The van der Waals surface area contributed by atoms with Crippen molar-refractivity contribution >= 4 is 33.2 Å². The third-order valence-corrected chi connectivity index (χ3v) is 3.16. The van der Waals surface area contributed by atoms with Crippen LogP contribution in [0.3, 0.4) is 0 Å². The molecule has 0 bridgehead atoms. The van der Waals surface area contributed by atoms with E-state index in [0.717, 1.165) is 4.47 Å². The first-order chi connectivity index (χ1) is 8.61. The van der Waals surface area contributed by atoms with Crippen molar-refractivity contribution in [2.75, 3.05) is 12.8 Å². The number of hydrogen-bond donors (Lipinski definition) is 1. The molecule has 0 amide bonds. The Morgan fingerprint density at radius 2 is 1.83 bits per heavy atom. The Morgan fingerprint density at radius 1 is 1.11 bits per heavy atom. The van der Waals surface area contributed by atoms with Crippen LogP contribution in [0.2, 0.25) is 5.02 Å². The Kier molecular flexibility index (Phi) is 3.99. The highest BCUT2D eigenvalue weighted by Crippen LogP contribution is 2.37. The molecule has 0 radical (unpaired) electrons. The summed E-state index contributed by atoms with van der Waals surface area (Å²) in [4.78, 5) is 0. The number of halogens is 2. The number of anilines is 1. The monoisotopic (exact) mass is 327 g/mol. The van der Waals surface area contributed by atoms with Crippen molar-refractivity contribution in [2.24, 2.45) is 0 Å². The zero-order chi connectivity index (χ0) is 13.1. The molecule has 0 aliphatic rings. The smallest absolute Gasteiger partial charge is 0.154 e. The van der Waals surface area contributed by atoms with Crippen molar-refractivity contribution < 1.29 is 9.47 Å². The van der Waals surface area contributed by atoms with Gasteiger partial charge in [0.2, 0.25) is 0 Å². The van der Waals surface area contributed by atoms with Gasteiger partial charge in [-0.05, 0) is 30.3 Å². The van der Waals surface area contributed by atoms with Crippen LogP contribution in [0.15, 0.2) is 40.9 Å². The lowest BCUT2D eigenvalue weighted by molar-refractivity contribution is 0.412. The Labute approximate surface area is 119 Å². The second-order valence-electron chi connectivity index (χ2n) is 3.55. The van der Waals surface area contributed by atoms with Gasteiger partial charge < -0.3 is 15.2 Å². The van der Waals surface area contributed by atoms with Crippen molar-refractivity contribution in [1.29, 1.82) is 0 Å². The highest BCUT2D eigenvalue weighted by Gasteiger charge is 2.09. The van der Waals surface area contributed by atoms with Gasteiger partial charge in [0.15, 0.2) is 5.75 Å². The molecule has 0 heterocycles. The van der Waals surface area contributed by atoms with Crippen LogP contribution in [-0.4, -0.2) is 7.11 Å². The molecule has 0 aliphatic carbocycles. The van der Waals surface area contributed by atoms with E-state index in [1.807, 2.05) is 6.07 Å². The minimum absolute atomic E-state index is 0.441. The maximum absolute atomic E-state index is 6.05. The summed E-state index contributed by atoms with van der Waals surface area (Å²) in [7, 11) is 1.56. The zero-order valence-electron chi connectivity index (χ0n) is 9.61. The predicted molar refractivity (Wildman–Crippen MR) is 76.6 cm³/mol. The lowest BCUT2D eigenvalue weighted by Gasteiger charge is -2.12. The van der Waals surface area contributed by atoms with Gasteiger partial charge in [0.1, 0.15) is 17.2 Å². The summed E-state index contributed by atoms with van der Waals surface area (Å²) in [5.74, 6) is 1.61. The molecule has 2 aromatic carbocycles. The molecular formula is C13H11BrClNO2. The van der Waals surface area contributed by atoms with Gasteiger partial charge in [-0.25, -0.2) is 0 Å². The Balaban J connectivity index is 2.37. The van der Waals surface area contributed by atoms with E-state index in [2.05, 4.69) is 15.9 Å². The maximum Gasteiger partial charge on any atom is 0.154 e. The molecule has 0 saturated heterocycles. The number of hydrogen-bond acceptors (Lipinski definition) is 3. The number of rotatable bonds is 3. The van der Waals surface area contributed by atoms with Crippen molar-refractivity contribution in [1.82, 2.24) is 0 Å². The first-order valence-corrected chi connectivity index (χ1v) is 6.34. The maximum atomic E-state index is 6.05. The normalized spacial score (nSPS) is 10.2. The van der Waals surface area contributed by atoms with E-state index < -0.39 is 0 Å². The fourth-order valence-electron chi connectivity index (χ4n) is 1.46. The van der Waals surface area contributed by atoms with Crippen molar-refractivity contribution in [3.05, 3.63) is 45.9 Å². The van der Waals surface area contributed by atoms with Crippen LogP contribution in [0, 0.1) is 0 Å². The van der Waals surface area contributed by atoms with Gasteiger partial charge in [0.25, 0.3) is 0 Å². The van der Waals surface area contributed by atoms with E-state index in [9.17, 15) is 0 Å². The van der Waals surface area contributed by atoms with Gasteiger partial charge in [-0.15, -0.1) is 0 Å². The summed E-state index contributed by atoms with van der Waals surface area (Å²) in [5.41, 5.74) is 6.37. The topological polar surface area (TPSA) is 44.5 Å². The van der Waals surface area contributed by atoms with Gasteiger partial charge >= 0.3 is 0 Å². The highest BCUT2D eigenvalue weighted by atomic mass is 79.9. The lowest BCUT2D eigenvalue weighted by atomic mass is 10.2. The molecule has 0 spiro atoms. The van der Waals surface area contributed by atoms with Crippen LogP contribution in [0.4, 0.5) is 5.69 Å². The average molecular weight is 329 g/mol. The van der Waals surface area contributed by atoms with E-state index >= 15 is 0 Å². The van der Waals surface area contributed by atoms with Crippen LogP contribution in [0.25, 0.3) is 0 Å². The number of ether oxygens (including phenoxy) is 2. The molecule has 0 aromatic heterocycles. The van der Waals surface area contributed by atoms with Gasteiger partial charge in [-0.3, -0.25) is 0 Å². The first kappa shape index (κ1) is 13.1. The molecule has 0 unspecified atom stereocenters. The molecular weight excluding hydrogens is 318 g/mol.